The smallest absolute Gasteiger partial charge is 0.240 e. The van der Waals surface area contributed by atoms with Gasteiger partial charge < -0.3 is 10.6 Å². The Bertz CT molecular complexity index is 833. The van der Waals surface area contributed by atoms with E-state index >= 15 is 0 Å². The molecule has 2 aromatic rings. The molecule has 28 heavy (non-hydrogen) atoms. The van der Waals surface area contributed by atoms with Gasteiger partial charge in [0.05, 0.1) is 11.4 Å². The van der Waals surface area contributed by atoms with E-state index in [1.807, 2.05) is 13.0 Å². The first kappa shape index (κ1) is 24.6. The lowest BCUT2D eigenvalue weighted by molar-refractivity contribution is 0.582. The Morgan fingerprint density at radius 3 is 2.50 bits per heavy atom. The summed E-state index contributed by atoms with van der Waals surface area (Å²) in [6, 6.07) is 12.0. The van der Waals surface area contributed by atoms with Gasteiger partial charge in [-0.2, -0.15) is 0 Å². The summed E-state index contributed by atoms with van der Waals surface area (Å²) in [6.07, 6.45) is 2.52. The molecule has 0 amide bonds. The number of nitrogens with one attached hydrogen (secondary N) is 3. The second-order valence-corrected chi connectivity index (χ2v) is 7.79. The van der Waals surface area contributed by atoms with Crippen LogP contribution in [-0.2, 0) is 16.4 Å². The number of hydrogen-bond acceptors (Lipinski definition) is 4. The lowest BCUT2D eigenvalue weighted by Crippen LogP contribution is -2.39. The number of guanidine groups is 1. The highest BCUT2D eigenvalue weighted by Gasteiger charge is 2.11. The lowest BCUT2D eigenvalue weighted by Gasteiger charge is -2.11. The predicted octanol–water partition coefficient (Wildman–Crippen LogP) is 2.43. The number of hydrogen-bond donors (Lipinski definition) is 3. The first-order valence-corrected chi connectivity index (χ1v) is 10.5. The van der Waals surface area contributed by atoms with E-state index < -0.39 is 10.0 Å². The van der Waals surface area contributed by atoms with Crippen LogP contribution in [0.5, 0.6) is 0 Å². The zero-order valence-corrected chi connectivity index (χ0v) is 19.5. The SMILES string of the molecule is CCNC(=NCCNS(=O)(=O)c1ccccc1)NCCc1ccc(Cl)nc1.I. The van der Waals surface area contributed by atoms with Gasteiger partial charge in [-0.05, 0) is 37.1 Å². The molecule has 0 aliphatic heterocycles. The van der Waals surface area contributed by atoms with Crippen molar-refractivity contribution in [2.75, 3.05) is 26.2 Å². The number of benzene rings is 1. The molecule has 0 aliphatic rings. The average molecular weight is 538 g/mol. The van der Waals surface area contributed by atoms with Gasteiger partial charge in [-0.3, -0.25) is 4.99 Å². The normalized spacial score (nSPS) is 11.6. The van der Waals surface area contributed by atoms with Crippen LogP contribution in [0.25, 0.3) is 0 Å². The summed E-state index contributed by atoms with van der Waals surface area (Å²) in [6.45, 7) is 3.90. The van der Waals surface area contributed by atoms with Gasteiger partial charge in [0, 0.05) is 25.8 Å². The number of sulfonamides is 1. The summed E-state index contributed by atoms with van der Waals surface area (Å²) in [5.41, 5.74) is 1.07. The summed E-state index contributed by atoms with van der Waals surface area (Å²) in [5, 5.41) is 6.82. The van der Waals surface area contributed by atoms with Gasteiger partial charge in [-0.15, -0.1) is 24.0 Å². The molecule has 0 saturated heterocycles. The van der Waals surface area contributed by atoms with Crippen LogP contribution in [0.3, 0.4) is 0 Å². The first-order chi connectivity index (χ1) is 13.0. The molecule has 1 aromatic carbocycles. The van der Waals surface area contributed by atoms with E-state index in [4.69, 9.17) is 11.6 Å². The second kappa shape index (κ2) is 12.9. The topological polar surface area (TPSA) is 95.5 Å². The van der Waals surface area contributed by atoms with Gasteiger partial charge in [0.2, 0.25) is 10.0 Å². The molecule has 2 rings (SSSR count). The number of pyridine rings is 1. The predicted molar refractivity (Wildman–Crippen MR) is 124 cm³/mol. The van der Waals surface area contributed by atoms with Crippen molar-refractivity contribution in [2.45, 2.75) is 18.2 Å². The molecule has 154 valence electrons. The summed E-state index contributed by atoms with van der Waals surface area (Å²) in [5.74, 6) is 0.637. The van der Waals surface area contributed by atoms with E-state index in [1.54, 1.807) is 42.6 Å². The maximum absolute atomic E-state index is 12.1. The number of halogens is 2. The molecule has 0 aliphatic carbocycles. The molecule has 0 radical (unpaired) electrons. The van der Waals surface area contributed by atoms with Crippen LogP contribution in [0, 0.1) is 0 Å². The third-order valence-corrected chi connectivity index (χ3v) is 5.27. The maximum atomic E-state index is 12.1. The molecule has 10 heteroatoms. The minimum absolute atomic E-state index is 0. The largest absolute Gasteiger partial charge is 0.357 e. The number of aliphatic imine (C=N–C) groups is 1. The number of rotatable bonds is 9. The maximum Gasteiger partial charge on any atom is 0.240 e. The van der Waals surface area contributed by atoms with E-state index in [0.717, 1.165) is 12.0 Å². The Labute approximate surface area is 188 Å². The van der Waals surface area contributed by atoms with Crippen LogP contribution < -0.4 is 15.4 Å². The lowest BCUT2D eigenvalue weighted by atomic mass is 10.2. The van der Waals surface area contributed by atoms with Crippen molar-refractivity contribution in [3.05, 3.63) is 59.4 Å². The zero-order valence-electron chi connectivity index (χ0n) is 15.6. The second-order valence-electron chi connectivity index (χ2n) is 5.64. The molecule has 3 N–H and O–H groups in total. The monoisotopic (exact) mass is 537 g/mol. The fourth-order valence-electron chi connectivity index (χ4n) is 2.25. The van der Waals surface area contributed by atoms with Crippen LogP contribution in [0.1, 0.15) is 12.5 Å². The molecular formula is C18H25ClIN5O2S. The summed E-state index contributed by atoms with van der Waals surface area (Å²) >= 11 is 5.77. The van der Waals surface area contributed by atoms with E-state index in [1.165, 1.54) is 0 Å². The highest BCUT2D eigenvalue weighted by molar-refractivity contribution is 14.0. The minimum atomic E-state index is -3.50. The Hall–Kier alpha value is -1.43. The molecule has 1 heterocycles. The molecular weight excluding hydrogens is 513 g/mol. The van der Waals surface area contributed by atoms with Crippen molar-refractivity contribution in [1.29, 1.82) is 0 Å². The van der Waals surface area contributed by atoms with Gasteiger partial charge in [0.1, 0.15) is 5.15 Å². The summed E-state index contributed by atoms with van der Waals surface area (Å²) in [7, 11) is -3.50. The highest BCUT2D eigenvalue weighted by Crippen LogP contribution is 2.06. The number of nitrogens with zero attached hydrogens (tertiary/aromatic N) is 2. The first-order valence-electron chi connectivity index (χ1n) is 8.68. The third-order valence-electron chi connectivity index (χ3n) is 3.57. The highest BCUT2D eigenvalue weighted by atomic mass is 127. The third kappa shape index (κ3) is 8.72. The zero-order chi connectivity index (χ0) is 19.5. The van der Waals surface area contributed by atoms with Gasteiger partial charge in [-0.1, -0.05) is 35.9 Å². The molecule has 0 saturated carbocycles. The van der Waals surface area contributed by atoms with Gasteiger partial charge in [-0.25, -0.2) is 18.1 Å². The molecule has 7 nitrogen and oxygen atoms in total. The van der Waals surface area contributed by atoms with Crippen molar-refractivity contribution in [2.24, 2.45) is 4.99 Å². The van der Waals surface area contributed by atoms with Gasteiger partial charge in [0.25, 0.3) is 0 Å². The molecule has 0 unspecified atom stereocenters. The van der Waals surface area contributed by atoms with Crippen LogP contribution in [0.4, 0.5) is 0 Å². The molecule has 0 bridgehead atoms. The molecule has 0 atom stereocenters. The van der Waals surface area contributed by atoms with E-state index in [2.05, 4.69) is 25.3 Å². The fourth-order valence-corrected chi connectivity index (χ4v) is 3.41. The van der Waals surface area contributed by atoms with Crippen molar-refractivity contribution >= 4 is 51.6 Å². The van der Waals surface area contributed by atoms with E-state index in [-0.39, 0.29) is 35.4 Å². The van der Waals surface area contributed by atoms with Crippen molar-refractivity contribution in [3.8, 4) is 0 Å². The quantitative estimate of drug-likeness (QED) is 0.150. The van der Waals surface area contributed by atoms with Crippen LogP contribution >= 0.6 is 35.6 Å². The Kier molecular flexibility index (Phi) is 11.4. The van der Waals surface area contributed by atoms with Crippen LogP contribution in [-0.4, -0.2) is 45.5 Å². The summed E-state index contributed by atoms with van der Waals surface area (Å²) < 4.78 is 26.8. The van der Waals surface area contributed by atoms with Crippen molar-refractivity contribution in [1.82, 2.24) is 20.3 Å². The Morgan fingerprint density at radius 1 is 1.11 bits per heavy atom. The standard InChI is InChI=1S/C18H24ClN5O2S.HI/c1-2-20-18(21-11-10-15-8-9-17(19)23-14-15)22-12-13-24-27(25,26)16-6-4-3-5-7-16;/h3-9,14,24H,2,10-13H2,1H3,(H2,20,21,22);1H. The van der Waals surface area contributed by atoms with E-state index in [9.17, 15) is 8.42 Å². The van der Waals surface area contributed by atoms with Gasteiger partial charge in [0.15, 0.2) is 5.96 Å². The Balaban J connectivity index is 0.00000392. The van der Waals surface area contributed by atoms with Gasteiger partial charge >= 0.3 is 0 Å². The fraction of sp³-hybridized carbons (Fsp3) is 0.333. The molecule has 0 spiro atoms. The molecule has 0 fully saturated rings. The van der Waals surface area contributed by atoms with Crippen LogP contribution in [0.15, 0.2) is 58.5 Å². The Morgan fingerprint density at radius 2 is 1.86 bits per heavy atom. The number of aromatic nitrogens is 1. The van der Waals surface area contributed by atoms with Crippen molar-refractivity contribution in [3.63, 3.8) is 0 Å². The van der Waals surface area contributed by atoms with Crippen LogP contribution in [0.2, 0.25) is 5.15 Å². The average Bonchev–Trinajstić information content (AvgIpc) is 2.67. The van der Waals surface area contributed by atoms with Crippen molar-refractivity contribution < 1.29 is 8.42 Å². The minimum Gasteiger partial charge on any atom is -0.357 e. The van der Waals surface area contributed by atoms with E-state index in [0.29, 0.717) is 30.7 Å². The molecule has 1 aromatic heterocycles. The summed E-state index contributed by atoms with van der Waals surface area (Å²) in [4.78, 5) is 8.68.